The van der Waals surface area contributed by atoms with Crippen molar-refractivity contribution >= 4 is 17.3 Å². The molecule has 3 rings (SSSR count). The Bertz CT molecular complexity index is 822. The molecular weight excluding hydrogens is 331 g/mol. The highest BCUT2D eigenvalue weighted by Crippen LogP contribution is 2.28. The van der Waals surface area contributed by atoms with E-state index >= 15 is 0 Å². The monoisotopic (exact) mass is 340 g/mol. The fourth-order valence-corrected chi connectivity index (χ4v) is 2.36. The number of amides is 1. The Hall–Kier alpha value is -2.77. The van der Waals surface area contributed by atoms with Crippen LogP contribution in [0.2, 0.25) is 0 Å². The molecule has 1 aliphatic heterocycles. The smallest absolute Gasteiger partial charge is 0.247 e. The van der Waals surface area contributed by atoms with Gasteiger partial charge in [-0.15, -0.1) is 0 Å². The van der Waals surface area contributed by atoms with Gasteiger partial charge in [-0.25, -0.2) is 27.0 Å². The van der Waals surface area contributed by atoms with Gasteiger partial charge in [0.15, 0.2) is 23.3 Å². The van der Waals surface area contributed by atoms with Crippen LogP contribution in [0.5, 0.6) is 0 Å². The molecular formula is C16H9F5N2O. The molecule has 0 N–H and O–H groups in total. The first-order valence-electron chi connectivity index (χ1n) is 6.89. The molecule has 24 heavy (non-hydrogen) atoms. The van der Waals surface area contributed by atoms with Crippen molar-refractivity contribution in [2.45, 2.75) is 12.8 Å². The lowest BCUT2D eigenvalue weighted by atomic mass is 10.0. The van der Waals surface area contributed by atoms with Gasteiger partial charge < -0.3 is 0 Å². The van der Waals surface area contributed by atoms with E-state index in [2.05, 4.69) is 5.10 Å². The molecule has 1 aliphatic rings. The highest BCUT2D eigenvalue weighted by Gasteiger charge is 2.31. The van der Waals surface area contributed by atoms with Gasteiger partial charge in [-0.05, 0) is 12.1 Å². The Morgan fingerprint density at radius 3 is 1.92 bits per heavy atom. The topological polar surface area (TPSA) is 32.7 Å². The molecule has 0 atom stereocenters. The zero-order valence-corrected chi connectivity index (χ0v) is 12.0. The predicted octanol–water partition coefficient (Wildman–Crippen LogP) is 3.91. The molecule has 0 fully saturated rings. The first-order valence-corrected chi connectivity index (χ1v) is 6.89. The van der Waals surface area contributed by atoms with Crippen molar-refractivity contribution in [2.24, 2.45) is 5.10 Å². The highest BCUT2D eigenvalue weighted by molar-refractivity contribution is 6.09. The Balaban J connectivity index is 2.15. The van der Waals surface area contributed by atoms with Crippen LogP contribution in [0.25, 0.3) is 0 Å². The molecule has 8 heteroatoms. The zero-order valence-electron chi connectivity index (χ0n) is 12.0. The number of para-hydroxylation sites is 1. The van der Waals surface area contributed by atoms with E-state index in [1.807, 2.05) is 0 Å². The summed E-state index contributed by atoms with van der Waals surface area (Å²) in [7, 11) is 0. The van der Waals surface area contributed by atoms with Crippen LogP contribution in [0.1, 0.15) is 18.4 Å². The molecule has 124 valence electrons. The van der Waals surface area contributed by atoms with E-state index in [4.69, 9.17) is 0 Å². The third-order valence-corrected chi connectivity index (χ3v) is 3.53. The normalized spacial score (nSPS) is 14.8. The Kier molecular flexibility index (Phi) is 4.04. The maximum atomic E-state index is 13.9. The fraction of sp³-hybridized carbons (Fsp3) is 0.125. The van der Waals surface area contributed by atoms with Gasteiger partial charge in [0.25, 0.3) is 0 Å². The molecule has 0 radical (unpaired) electrons. The van der Waals surface area contributed by atoms with E-state index in [1.54, 1.807) is 18.2 Å². The average Bonchev–Trinajstić information content (AvgIpc) is 2.60. The van der Waals surface area contributed by atoms with Crippen LogP contribution < -0.4 is 5.01 Å². The number of hydrogen-bond donors (Lipinski definition) is 0. The quantitative estimate of drug-likeness (QED) is 0.463. The van der Waals surface area contributed by atoms with Crippen LogP contribution in [-0.2, 0) is 4.79 Å². The van der Waals surface area contributed by atoms with E-state index < -0.39 is 40.6 Å². The molecule has 0 aromatic heterocycles. The summed E-state index contributed by atoms with van der Waals surface area (Å²) in [4.78, 5) is 12.0. The predicted molar refractivity (Wildman–Crippen MR) is 75.9 cm³/mol. The van der Waals surface area contributed by atoms with Gasteiger partial charge in [0.1, 0.15) is 0 Å². The molecule has 0 spiro atoms. The summed E-state index contributed by atoms with van der Waals surface area (Å²) in [6.45, 7) is 0. The first kappa shape index (κ1) is 16.1. The number of hydrazone groups is 1. The second-order valence-corrected chi connectivity index (χ2v) is 5.03. The largest absolute Gasteiger partial charge is 0.273 e. The zero-order chi connectivity index (χ0) is 17.4. The van der Waals surface area contributed by atoms with E-state index in [1.165, 1.54) is 12.1 Å². The summed E-state index contributed by atoms with van der Waals surface area (Å²) in [6.07, 6.45) is -0.409. The summed E-state index contributed by atoms with van der Waals surface area (Å²) in [6, 6.07) is 7.98. The number of halogens is 5. The Morgan fingerprint density at radius 1 is 0.792 bits per heavy atom. The SMILES string of the molecule is O=C1CCC(c2c(F)c(F)c(F)c(F)c2F)=NN1c1ccccc1. The molecule has 0 saturated heterocycles. The van der Waals surface area contributed by atoms with Crippen LogP contribution in [0.15, 0.2) is 35.4 Å². The maximum absolute atomic E-state index is 13.9. The van der Waals surface area contributed by atoms with Crippen molar-refractivity contribution < 1.29 is 26.7 Å². The van der Waals surface area contributed by atoms with Crippen LogP contribution in [0, 0.1) is 29.1 Å². The third-order valence-electron chi connectivity index (χ3n) is 3.53. The lowest BCUT2D eigenvalue weighted by Gasteiger charge is -2.24. The molecule has 1 heterocycles. The van der Waals surface area contributed by atoms with Gasteiger partial charge in [0.05, 0.1) is 17.0 Å². The van der Waals surface area contributed by atoms with Crippen molar-refractivity contribution in [3.05, 3.63) is 65.0 Å². The second-order valence-electron chi connectivity index (χ2n) is 5.03. The lowest BCUT2D eigenvalue weighted by Crippen LogP contribution is -2.32. The van der Waals surface area contributed by atoms with E-state index in [0.29, 0.717) is 5.69 Å². The average molecular weight is 340 g/mol. The van der Waals surface area contributed by atoms with Crippen LogP contribution in [-0.4, -0.2) is 11.6 Å². The summed E-state index contributed by atoms with van der Waals surface area (Å²) in [5, 5.41) is 4.69. The van der Waals surface area contributed by atoms with E-state index in [-0.39, 0.29) is 18.6 Å². The second kappa shape index (κ2) is 6.03. The maximum Gasteiger partial charge on any atom is 0.247 e. The number of nitrogens with zero attached hydrogens (tertiary/aromatic N) is 2. The van der Waals surface area contributed by atoms with Crippen molar-refractivity contribution in [1.82, 2.24) is 0 Å². The number of anilines is 1. The van der Waals surface area contributed by atoms with E-state index in [9.17, 15) is 26.7 Å². The first-order chi connectivity index (χ1) is 11.4. The molecule has 3 nitrogen and oxygen atoms in total. The number of hydrogen-bond acceptors (Lipinski definition) is 2. The number of rotatable bonds is 2. The van der Waals surface area contributed by atoms with Crippen LogP contribution in [0.4, 0.5) is 27.6 Å². The molecule has 0 aliphatic carbocycles. The minimum Gasteiger partial charge on any atom is -0.273 e. The summed E-state index contributed by atoms with van der Waals surface area (Å²) in [5.74, 6) is -10.7. The van der Waals surface area contributed by atoms with Crippen molar-refractivity contribution in [1.29, 1.82) is 0 Å². The summed E-state index contributed by atoms with van der Waals surface area (Å²) in [5.41, 5.74) is -1.17. The minimum absolute atomic E-state index is 0.173. The Labute approximate surface area is 133 Å². The molecule has 2 aromatic carbocycles. The highest BCUT2D eigenvalue weighted by atomic mass is 19.2. The van der Waals surface area contributed by atoms with Gasteiger partial charge in [-0.2, -0.15) is 5.10 Å². The minimum atomic E-state index is -2.24. The number of carbonyl (C=O) groups excluding carboxylic acids is 1. The molecule has 0 bridgehead atoms. The van der Waals surface area contributed by atoms with Gasteiger partial charge in [0.2, 0.25) is 11.7 Å². The van der Waals surface area contributed by atoms with Crippen molar-refractivity contribution in [3.63, 3.8) is 0 Å². The third kappa shape index (κ3) is 2.53. The lowest BCUT2D eigenvalue weighted by molar-refractivity contribution is -0.118. The Morgan fingerprint density at radius 2 is 1.33 bits per heavy atom. The number of carbonyl (C=O) groups is 1. The van der Waals surface area contributed by atoms with Crippen LogP contribution >= 0.6 is 0 Å². The van der Waals surface area contributed by atoms with Gasteiger partial charge >= 0.3 is 0 Å². The van der Waals surface area contributed by atoms with Gasteiger partial charge in [-0.1, -0.05) is 18.2 Å². The molecule has 1 amide bonds. The summed E-state index contributed by atoms with van der Waals surface area (Å²) >= 11 is 0. The summed E-state index contributed by atoms with van der Waals surface area (Å²) < 4.78 is 67.7. The van der Waals surface area contributed by atoms with Crippen LogP contribution in [0.3, 0.4) is 0 Å². The van der Waals surface area contributed by atoms with Crippen molar-refractivity contribution in [2.75, 3.05) is 5.01 Å². The van der Waals surface area contributed by atoms with Gasteiger partial charge in [-0.3, -0.25) is 4.79 Å². The van der Waals surface area contributed by atoms with Gasteiger partial charge in [0, 0.05) is 12.8 Å². The standard InChI is InChI=1S/C16H9F5N2O/c17-12-11(13(18)15(20)16(21)14(12)19)9-6-7-10(24)23(22-9)8-4-2-1-3-5-8/h1-5H,6-7H2. The molecule has 0 unspecified atom stereocenters. The fourth-order valence-electron chi connectivity index (χ4n) is 2.36. The van der Waals surface area contributed by atoms with Crippen molar-refractivity contribution in [3.8, 4) is 0 Å². The van der Waals surface area contributed by atoms with E-state index in [0.717, 1.165) is 5.01 Å². The molecule has 0 saturated carbocycles. The number of benzene rings is 2. The molecule has 2 aromatic rings.